The highest BCUT2D eigenvalue weighted by atomic mass is 16.6. The maximum atomic E-state index is 9.90. The van der Waals surface area contributed by atoms with Crippen LogP contribution >= 0.6 is 0 Å². The SMILES string of the molecule is CC1(C#CCCCOC2CCC3(CCC/C(=C\C=C4C[C@@H](O)C[C@@H](O)C4)C3)CC2)CO1. The number of epoxide rings is 1. The Labute approximate surface area is 188 Å². The summed E-state index contributed by atoms with van der Waals surface area (Å²) in [7, 11) is 0. The normalized spacial score (nSPS) is 40.7. The largest absolute Gasteiger partial charge is 0.393 e. The van der Waals surface area contributed by atoms with Crippen molar-refractivity contribution in [3.63, 3.8) is 0 Å². The van der Waals surface area contributed by atoms with Crippen LogP contribution in [0.1, 0.15) is 90.4 Å². The van der Waals surface area contributed by atoms with Gasteiger partial charge in [0.25, 0.3) is 0 Å². The fourth-order valence-corrected chi connectivity index (χ4v) is 5.67. The Morgan fingerprint density at radius 3 is 2.52 bits per heavy atom. The molecule has 1 spiro atoms. The van der Waals surface area contributed by atoms with Crippen molar-refractivity contribution in [1.29, 1.82) is 0 Å². The molecular weight excluding hydrogens is 388 g/mol. The highest BCUT2D eigenvalue weighted by Gasteiger charge is 2.38. The summed E-state index contributed by atoms with van der Waals surface area (Å²) in [6.07, 6.45) is 18.0. The number of hydrogen-bond acceptors (Lipinski definition) is 4. The first-order valence-corrected chi connectivity index (χ1v) is 12.4. The Morgan fingerprint density at radius 1 is 1.10 bits per heavy atom. The van der Waals surface area contributed by atoms with E-state index in [1.807, 2.05) is 6.92 Å². The van der Waals surface area contributed by atoms with Gasteiger partial charge in [-0.2, -0.15) is 0 Å². The van der Waals surface area contributed by atoms with Gasteiger partial charge in [-0.05, 0) is 89.4 Å². The lowest BCUT2D eigenvalue weighted by Crippen LogP contribution is -2.33. The second-order valence-corrected chi connectivity index (χ2v) is 10.6. The Hall–Kier alpha value is -1.12. The summed E-state index contributed by atoms with van der Waals surface area (Å²) >= 11 is 0. The van der Waals surface area contributed by atoms with Gasteiger partial charge >= 0.3 is 0 Å². The van der Waals surface area contributed by atoms with Crippen LogP contribution in [0.4, 0.5) is 0 Å². The van der Waals surface area contributed by atoms with Crippen LogP contribution in [-0.4, -0.2) is 47.3 Å². The van der Waals surface area contributed by atoms with Crippen LogP contribution in [0.25, 0.3) is 0 Å². The summed E-state index contributed by atoms with van der Waals surface area (Å²) in [5, 5.41) is 19.8. The lowest BCUT2D eigenvalue weighted by atomic mass is 9.63. The molecule has 1 aliphatic heterocycles. The summed E-state index contributed by atoms with van der Waals surface area (Å²) in [6, 6.07) is 0. The van der Waals surface area contributed by atoms with Gasteiger partial charge in [0.2, 0.25) is 0 Å². The van der Waals surface area contributed by atoms with E-state index in [4.69, 9.17) is 9.47 Å². The molecule has 4 rings (SSSR count). The highest BCUT2D eigenvalue weighted by Crippen LogP contribution is 2.49. The van der Waals surface area contributed by atoms with E-state index in [0.29, 0.717) is 30.8 Å². The van der Waals surface area contributed by atoms with E-state index in [1.165, 1.54) is 56.9 Å². The molecule has 4 fully saturated rings. The smallest absolute Gasteiger partial charge is 0.149 e. The minimum atomic E-state index is -0.385. The molecule has 1 heterocycles. The molecule has 0 aromatic rings. The van der Waals surface area contributed by atoms with E-state index in [2.05, 4.69) is 24.0 Å². The Kier molecular flexibility index (Phi) is 7.60. The molecule has 1 saturated heterocycles. The van der Waals surface area contributed by atoms with Crippen LogP contribution in [0.2, 0.25) is 0 Å². The molecular formula is C27H40O4. The summed E-state index contributed by atoms with van der Waals surface area (Å²) in [5.41, 5.74) is 3.07. The molecule has 0 bridgehead atoms. The van der Waals surface area contributed by atoms with Crippen molar-refractivity contribution in [1.82, 2.24) is 0 Å². The van der Waals surface area contributed by atoms with Gasteiger partial charge in [0.1, 0.15) is 5.60 Å². The standard InChI is InChI=1S/C27H40O4/c1-26(20-31-26)11-3-2-4-15-30-25-9-13-27(14-10-25)12-5-6-21(19-27)7-8-22-16-23(28)18-24(29)17-22/h7-8,23-25,28-29H,2,4-6,9-10,12-20H2,1H3/b21-7+,22-8?/t23-,24+,25?,26?,27?. The zero-order valence-corrected chi connectivity index (χ0v) is 19.2. The third kappa shape index (κ3) is 6.93. The van der Waals surface area contributed by atoms with Crippen molar-refractivity contribution in [2.45, 2.75) is 114 Å². The van der Waals surface area contributed by atoms with E-state index < -0.39 is 0 Å². The van der Waals surface area contributed by atoms with E-state index in [0.717, 1.165) is 26.1 Å². The van der Waals surface area contributed by atoms with Gasteiger partial charge in [0, 0.05) is 13.0 Å². The predicted molar refractivity (Wildman–Crippen MR) is 123 cm³/mol. The molecule has 4 nitrogen and oxygen atoms in total. The van der Waals surface area contributed by atoms with Crippen LogP contribution in [-0.2, 0) is 9.47 Å². The second-order valence-electron chi connectivity index (χ2n) is 10.6. The Balaban J connectivity index is 1.19. The summed E-state index contributed by atoms with van der Waals surface area (Å²) < 4.78 is 11.5. The van der Waals surface area contributed by atoms with E-state index in [9.17, 15) is 10.2 Å². The number of aliphatic hydroxyl groups is 2. The molecule has 4 heteroatoms. The van der Waals surface area contributed by atoms with Crippen LogP contribution in [0.3, 0.4) is 0 Å². The maximum Gasteiger partial charge on any atom is 0.149 e. The predicted octanol–water partition coefficient (Wildman–Crippen LogP) is 4.84. The molecule has 1 unspecified atom stereocenters. The average molecular weight is 429 g/mol. The first-order valence-electron chi connectivity index (χ1n) is 12.4. The van der Waals surface area contributed by atoms with Gasteiger partial charge in [0.05, 0.1) is 24.9 Å². The number of aliphatic hydroxyl groups excluding tert-OH is 2. The van der Waals surface area contributed by atoms with Gasteiger partial charge in [-0.25, -0.2) is 0 Å². The third-order valence-electron chi connectivity index (χ3n) is 7.62. The third-order valence-corrected chi connectivity index (χ3v) is 7.62. The van der Waals surface area contributed by atoms with Crippen molar-refractivity contribution in [2.24, 2.45) is 5.41 Å². The second kappa shape index (κ2) is 10.2. The fraction of sp³-hybridized carbons (Fsp3) is 0.778. The average Bonchev–Trinajstić information content (AvgIpc) is 3.47. The van der Waals surface area contributed by atoms with Crippen molar-refractivity contribution >= 4 is 0 Å². The summed E-state index contributed by atoms with van der Waals surface area (Å²) in [5.74, 6) is 6.41. The molecule has 31 heavy (non-hydrogen) atoms. The maximum absolute atomic E-state index is 9.90. The minimum absolute atomic E-state index is 0.152. The number of ether oxygens (including phenoxy) is 2. The van der Waals surface area contributed by atoms with E-state index in [1.54, 1.807) is 5.57 Å². The van der Waals surface area contributed by atoms with Gasteiger partial charge in [-0.1, -0.05) is 29.2 Å². The van der Waals surface area contributed by atoms with Gasteiger partial charge in [-0.15, -0.1) is 5.92 Å². The first kappa shape index (κ1) is 23.1. The Morgan fingerprint density at radius 2 is 1.81 bits per heavy atom. The van der Waals surface area contributed by atoms with Crippen molar-refractivity contribution in [3.8, 4) is 11.8 Å². The molecule has 172 valence electrons. The van der Waals surface area contributed by atoms with Crippen molar-refractivity contribution in [3.05, 3.63) is 23.3 Å². The molecule has 0 aromatic heterocycles. The van der Waals surface area contributed by atoms with E-state index in [-0.39, 0.29) is 17.8 Å². The minimum Gasteiger partial charge on any atom is -0.393 e. The van der Waals surface area contributed by atoms with Gasteiger partial charge in [-0.3, -0.25) is 0 Å². The molecule has 0 amide bonds. The zero-order valence-electron chi connectivity index (χ0n) is 19.2. The highest BCUT2D eigenvalue weighted by molar-refractivity contribution is 5.22. The number of unbranched alkanes of at least 4 members (excludes halogenated alkanes) is 1. The number of allylic oxidation sites excluding steroid dienone is 3. The first-order chi connectivity index (χ1) is 14.9. The molecule has 3 aliphatic carbocycles. The van der Waals surface area contributed by atoms with Gasteiger partial charge < -0.3 is 19.7 Å². The summed E-state index contributed by atoms with van der Waals surface area (Å²) in [6.45, 7) is 3.64. The van der Waals surface area contributed by atoms with Crippen molar-refractivity contribution < 1.29 is 19.7 Å². The van der Waals surface area contributed by atoms with Crippen molar-refractivity contribution in [2.75, 3.05) is 13.2 Å². The topological polar surface area (TPSA) is 62.2 Å². The lowest BCUT2D eigenvalue weighted by Gasteiger charge is -2.43. The number of hydrogen-bond donors (Lipinski definition) is 2. The van der Waals surface area contributed by atoms with E-state index >= 15 is 0 Å². The molecule has 2 N–H and O–H groups in total. The summed E-state index contributed by atoms with van der Waals surface area (Å²) in [4.78, 5) is 0. The zero-order chi connectivity index (χ0) is 21.7. The molecule has 3 atom stereocenters. The van der Waals surface area contributed by atoms with Crippen LogP contribution in [0, 0.1) is 17.3 Å². The molecule has 0 aromatic carbocycles. The lowest BCUT2D eigenvalue weighted by molar-refractivity contribution is -0.00969. The number of rotatable bonds is 5. The Bertz CT molecular complexity index is 716. The van der Waals surface area contributed by atoms with Gasteiger partial charge in [0.15, 0.2) is 0 Å². The quantitative estimate of drug-likeness (QED) is 0.374. The monoisotopic (exact) mass is 428 g/mol. The molecule has 3 saturated carbocycles. The molecule has 0 radical (unpaired) electrons. The van der Waals surface area contributed by atoms with Crippen LogP contribution < -0.4 is 0 Å². The van der Waals surface area contributed by atoms with Crippen LogP contribution in [0.15, 0.2) is 23.3 Å². The molecule has 4 aliphatic rings. The van der Waals surface area contributed by atoms with Crippen LogP contribution in [0.5, 0.6) is 0 Å². The fourth-order valence-electron chi connectivity index (χ4n) is 5.67.